The number of rotatable bonds is 2. The minimum absolute atomic E-state index is 0.226. The molecule has 0 aliphatic rings. The van der Waals surface area contributed by atoms with Crippen LogP contribution in [0.5, 0.6) is 0 Å². The number of anilines is 1. The number of hydrogen-bond acceptors (Lipinski definition) is 2. The van der Waals surface area contributed by atoms with E-state index < -0.39 is 11.6 Å². The van der Waals surface area contributed by atoms with Gasteiger partial charge < -0.3 is 5.32 Å². The molecule has 0 radical (unpaired) electrons. The minimum atomic E-state index is -0.691. The summed E-state index contributed by atoms with van der Waals surface area (Å²) in [7, 11) is 1.64. The van der Waals surface area contributed by atoms with Gasteiger partial charge in [-0.15, -0.1) is 0 Å². The van der Waals surface area contributed by atoms with Crippen LogP contribution in [-0.2, 0) is 0 Å². The second-order valence-electron chi connectivity index (χ2n) is 3.56. The van der Waals surface area contributed by atoms with Gasteiger partial charge in [0, 0.05) is 18.7 Å². The summed E-state index contributed by atoms with van der Waals surface area (Å²) >= 11 is 11.9. The van der Waals surface area contributed by atoms with Crippen molar-refractivity contribution < 1.29 is 8.78 Å². The average molecular weight is 289 g/mol. The number of nitrogens with one attached hydrogen (secondary N) is 1. The average Bonchev–Trinajstić information content (AvgIpc) is 2.27. The van der Waals surface area contributed by atoms with Gasteiger partial charge in [0.15, 0.2) is 0 Å². The zero-order chi connectivity index (χ0) is 13.3. The molecule has 18 heavy (non-hydrogen) atoms. The van der Waals surface area contributed by atoms with E-state index in [2.05, 4.69) is 10.3 Å². The molecule has 1 aromatic heterocycles. The van der Waals surface area contributed by atoms with Crippen molar-refractivity contribution in [1.82, 2.24) is 4.98 Å². The van der Waals surface area contributed by atoms with Crippen LogP contribution in [-0.4, -0.2) is 12.0 Å². The van der Waals surface area contributed by atoms with Crippen LogP contribution >= 0.6 is 23.2 Å². The van der Waals surface area contributed by atoms with Gasteiger partial charge in [-0.25, -0.2) is 13.8 Å². The third-order valence-electron chi connectivity index (χ3n) is 2.30. The maximum atomic E-state index is 13.2. The highest BCUT2D eigenvalue weighted by Crippen LogP contribution is 2.32. The lowest BCUT2D eigenvalue weighted by atomic mass is 10.1. The first-order valence-corrected chi connectivity index (χ1v) is 5.77. The first-order chi connectivity index (χ1) is 8.51. The van der Waals surface area contributed by atoms with Crippen LogP contribution in [0.15, 0.2) is 24.3 Å². The smallest absolute Gasteiger partial charge is 0.145 e. The van der Waals surface area contributed by atoms with E-state index in [1.807, 2.05) is 0 Å². The molecule has 0 amide bonds. The summed E-state index contributed by atoms with van der Waals surface area (Å²) in [4.78, 5) is 4.13. The van der Waals surface area contributed by atoms with E-state index in [0.717, 1.165) is 18.2 Å². The number of benzene rings is 1. The molecule has 0 aliphatic heterocycles. The minimum Gasteiger partial charge on any atom is -0.372 e. The molecule has 0 spiro atoms. The molecule has 1 aromatic carbocycles. The van der Waals surface area contributed by atoms with Gasteiger partial charge in [-0.05, 0) is 18.2 Å². The molecule has 1 heterocycles. The SMILES string of the molecule is CNc1nc(-c2cc(F)cc(F)c2)c(Cl)cc1Cl. The van der Waals surface area contributed by atoms with Crippen molar-refractivity contribution in [3.8, 4) is 11.3 Å². The Bertz CT molecular complexity index is 583. The van der Waals surface area contributed by atoms with Crippen LogP contribution in [0.2, 0.25) is 10.0 Å². The lowest BCUT2D eigenvalue weighted by molar-refractivity contribution is 0.584. The van der Waals surface area contributed by atoms with Crippen LogP contribution in [0.3, 0.4) is 0 Å². The predicted octanol–water partition coefficient (Wildman–Crippen LogP) is 4.38. The largest absolute Gasteiger partial charge is 0.372 e. The number of halogens is 4. The second-order valence-corrected chi connectivity index (χ2v) is 4.37. The topological polar surface area (TPSA) is 24.9 Å². The summed E-state index contributed by atoms with van der Waals surface area (Å²) < 4.78 is 26.3. The third kappa shape index (κ3) is 2.54. The standard InChI is InChI=1S/C12H8Cl2F2N2/c1-17-12-10(14)5-9(13)11(18-12)6-2-7(15)4-8(16)3-6/h2-5H,1H3,(H,17,18). The molecular formula is C12H8Cl2F2N2. The number of aromatic nitrogens is 1. The van der Waals surface area contributed by atoms with E-state index >= 15 is 0 Å². The fourth-order valence-corrected chi connectivity index (χ4v) is 2.10. The van der Waals surface area contributed by atoms with Gasteiger partial charge in [0.25, 0.3) is 0 Å². The van der Waals surface area contributed by atoms with Gasteiger partial charge in [-0.2, -0.15) is 0 Å². The predicted molar refractivity (Wildman–Crippen MR) is 69.2 cm³/mol. The number of pyridine rings is 1. The molecule has 0 atom stereocenters. The first kappa shape index (κ1) is 13.1. The molecule has 0 aliphatic carbocycles. The summed E-state index contributed by atoms with van der Waals surface area (Å²) in [6, 6.07) is 4.57. The van der Waals surface area contributed by atoms with Crippen molar-refractivity contribution in [2.24, 2.45) is 0 Å². The van der Waals surface area contributed by atoms with Crippen molar-refractivity contribution in [2.45, 2.75) is 0 Å². The number of hydrogen-bond donors (Lipinski definition) is 1. The highest BCUT2D eigenvalue weighted by molar-refractivity contribution is 6.37. The molecule has 0 unspecified atom stereocenters. The molecule has 0 fully saturated rings. The van der Waals surface area contributed by atoms with Gasteiger partial charge >= 0.3 is 0 Å². The van der Waals surface area contributed by atoms with Crippen molar-refractivity contribution in [1.29, 1.82) is 0 Å². The Morgan fingerprint density at radius 3 is 2.17 bits per heavy atom. The van der Waals surface area contributed by atoms with Gasteiger partial charge in [0.1, 0.15) is 17.5 Å². The molecule has 2 nitrogen and oxygen atoms in total. The highest BCUT2D eigenvalue weighted by Gasteiger charge is 2.12. The summed E-state index contributed by atoms with van der Waals surface area (Å²) in [5.74, 6) is -0.992. The third-order valence-corrected chi connectivity index (χ3v) is 2.88. The van der Waals surface area contributed by atoms with Crippen LogP contribution in [0, 0.1) is 11.6 Å². The Balaban J connectivity index is 2.62. The Kier molecular flexibility index (Phi) is 3.68. The lowest BCUT2D eigenvalue weighted by Gasteiger charge is -2.09. The van der Waals surface area contributed by atoms with Crippen molar-refractivity contribution in [3.63, 3.8) is 0 Å². The number of nitrogens with zero attached hydrogens (tertiary/aromatic N) is 1. The summed E-state index contributed by atoms with van der Waals surface area (Å²) in [5.41, 5.74) is 0.523. The lowest BCUT2D eigenvalue weighted by Crippen LogP contribution is -1.96. The van der Waals surface area contributed by atoms with Gasteiger partial charge in [-0.1, -0.05) is 23.2 Å². The Morgan fingerprint density at radius 1 is 1.00 bits per heavy atom. The second kappa shape index (κ2) is 5.08. The summed E-state index contributed by atoms with van der Waals surface area (Å²) in [6.45, 7) is 0. The molecule has 6 heteroatoms. The van der Waals surface area contributed by atoms with Crippen LogP contribution in [0.25, 0.3) is 11.3 Å². The normalized spacial score (nSPS) is 10.5. The zero-order valence-corrected chi connectivity index (χ0v) is 10.8. The van der Waals surface area contributed by atoms with E-state index in [9.17, 15) is 8.78 Å². The molecule has 0 saturated carbocycles. The van der Waals surface area contributed by atoms with Crippen molar-refractivity contribution in [2.75, 3.05) is 12.4 Å². The molecular weight excluding hydrogens is 281 g/mol. The van der Waals surface area contributed by atoms with E-state index in [4.69, 9.17) is 23.2 Å². The summed E-state index contributed by atoms with van der Waals surface area (Å²) in [6.07, 6.45) is 0. The molecule has 2 rings (SSSR count). The Morgan fingerprint density at radius 2 is 1.61 bits per heavy atom. The van der Waals surface area contributed by atoms with Gasteiger partial charge in [-0.3, -0.25) is 0 Å². The van der Waals surface area contributed by atoms with Crippen LogP contribution in [0.4, 0.5) is 14.6 Å². The Hall–Kier alpha value is -1.39. The maximum absolute atomic E-state index is 13.2. The van der Waals surface area contributed by atoms with Crippen LogP contribution < -0.4 is 5.32 Å². The monoisotopic (exact) mass is 288 g/mol. The van der Waals surface area contributed by atoms with E-state index in [1.165, 1.54) is 6.07 Å². The molecule has 0 saturated heterocycles. The molecule has 2 aromatic rings. The van der Waals surface area contributed by atoms with Gasteiger partial charge in [0.05, 0.1) is 15.7 Å². The quantitative estimate of drug-likeness (QED) is 0.887. The first-order valence-electron chi connectivity index (χ1n) is 5.01. The summed E-state index contributed by atoms with van der Waals surface area (Å²) in [5, 5.41) is 3.33. The van der Waals surface area contributed by atoms with Crippen molar-refractivity contribution in [3.05, 3.63) is 45.9 Å². The fourth-order valence-electron chi connectivity index (χ4n) is 1.53. The van der Waals surface area contributed by atoms with E-state index in [1.54, 1.807) is 7.05 Å². The van der Waals surface area contributed by atoms with Crippen LogP contribution in [0.1, 0.15) is 0 Å². The van der Waals surface area contributed by atoms with E-state index in [0.29, 0.717) is 10.8 Å². The molecule has 1 N–H and O–H groups in total. The molecule has 0 bridgehead atoms. The van der Waals surface area contributed by atoms with Gasteiger partial charge in [0.2, 0.25) is 0 Å². The molecule has 94 valence electrons. The van der Waals surface area contributed by atoms with Crippen molar-refractivity contribution >= 4 is 29.0 Å². The Labute approximate surface area is 113 Å². The van der Waals surface area contributed by atoms with E-state index in [-0.39, 0.29) is 16.3 Å². The maximum Gasteiger partial charge on any atom is 0.145 e. The zero-order valence-electron chi connectivity index (χ0n) is 9.27. The highest BCUT2D eigenvalue weighted by atomic mass is 35.5. The fraction of sp³-hybridized carbons (Fsp3) is 0.0833.